The maximum Gasteiger partial charge on any atom is 0.270 e. The Morgan fingerprint density at radius 1 is 1.07 bits per heavy atom. The van der Waals surface area contributed by atoms with E-state index in [4.69, 9.17) is 9.26 Å². The third-order valence-corrected chi connectivity index (χ3v) is 4.87. The molecule has 0 saturated heterocycles. The smallest absolute Gasteiger partial charge is 0.270 e. The van der Waals surface area contributed by atoms with Gasteiger partial charge in [0.15, 0.2) is 11.7 Å². The number of benzene rings is 2. The molecule has 2 aromatic carbocycles. The molecule has 1 amide bonds. The van der Waals surface area contributed by atoms with E-state index in [1.807, 2.05) is 55.5 Å². The summed E-state index contributed by atoms with van der Waals surface area (Å²) in [6.07, 6.45) is 0. The average Bonchev–Trinajstić information content (AvgIpc) is 3.34. The number of amides is 1. The van der Waals surface area contributed by atoms with Crippen LogP contribution < -0.4 is 10.1 Å². The Hall–Kier alpha value is -3.52. The molecule has 7 nitrogen and oxygen atoms in total. The summed E-state index contributed by atoms with van der Waals surface area (Å²) in [5.74, 6) is 1.22. The molecule has 0 fully saturated rings. The first-order valence-electron chi connectivity index (χ1n) is 8.53. The van der Waals surface area contributed by atoms with E-state index < -0.39 is 0 Å². The average molecular weight is 392 g/mol. The van der Waals surface area contributed by atoms with Gasteiger partial charge in [-0.25, -0.2) is 4.98 Å². The lowest BCUT2D eigenvalue weighted by Crippen LogP contribution is -2.20. The summed E-state index contributed by atoms with van der Waals surface area (Å²) >= 11 is 1.28. The number of carbonyl (C=O) groups excluding carboxylic acids is 1. The number of hydrogen-bond acceptors (Lipinski definition) is 7. The molecule has 0 saturated carbocycles. The Morgan fingerprint density at radius 2 is 1.79 bits per heavy atom. The minimum absolute atomic E-state index is 0.101. The lowest BCUT2D eigenvalue weighted by Gasteiger charge is -2.05. The van der Waals surface area contributed by atoms with E-state index in [2.05, 4.69) is 20.4 Å². The molecule has 0 bridgehead atoms. The predicted molar refractivity (Wildman–Crippen MR) is 106 cm³/mol. The van der Waals surface area contributed by atoms with Crippen molar-refractivity contribution in [2.75, 3.05) is 11.9 Å². The zero-order valence-corrected chi connectivity index (χ0v) is 15.8. The van der Waals surface area contributed by atoms with Crippen molar-refractivity contribution in [1.29, 1.82) is 0 Å². The van der Waals surface area contributed by atoms with Crippen LogP contribution in [-0.2, 0) is 4.79 Å². The topological polar surface area (TPSA) is 90.1 Å². The first-order valence-corrected chi connectivity index (χ1v) is 9.35. The molecule has 140 valence electrons. The van der Waals surface area contributed by atoms with E-state index in [-0.39, 0.29) is 12.5 Å². The fourth-order valence-corrected chi connectivity index (χ4v) is 3.39. The maximum absolute atomic E-state index is 12.1. The van der Waals surface area contributed by atoms with E-state index in [1.54, 1.807) is 12.1 Å². The fourth-order valence-electron chi connectivity index (χ4n) is 2.49. The van der Waals surface area contributed by atoms with E-state index in [0.29, 0.717) is 33.2 Å². The second kappa shape index (κ2) is 8.01. The van der Waals surface area contributed by atoms with Crippen LogP contribution in [0.1, 0.15) is 5.69 Å². The highest BCUT2D eigenvalue weighted by Gasteiger charge is 2.18. The standard InChI is InChI=1S/C20H16N4O3S/c1-13-17(19-23-18(24-27-19)14-8-4-2-5-9-14)28-20(21-13)22-16(25)12-26-15-10-6-3-7-11-15/h2-11H,12H2,1H3,(H,21,22,25). The number of nitrogens with one attached hydrogen (secondary N) is 1. The van der Waals surface area contributed by atoms with E-state index in [0.717, 1.165) is 5.56 Å². The van der Waals surface area contributed by atoms with Gasteiger partial charge in [-0.3, -0.25) is 10.1 Å². The highest BCUT2D eigenvalue weighted by Crippen LogP contribution is 2.32. The number of thiazole rings is 1. The zero-order chi connectivity index (χ0) is 19.3. The van der Waals surface area contributed by atoms with Crippen molar-refractivity contribution in [3.63, 3.8) is 0 Å². The number of carbonyl (C=O) groups is 1. The minimum Gasteiger partial charge on any atom is -0.484 e. The van der Waals surface area contributed by atoms with Gasteiger partial charge in [-0.15, -0.1) is 0 Å². The normalized spacial score (nSPS) is 10.6. The molecule has 8 heteroatoms. The number of aryl methyl sites for hydroxylation is 1. The summed E-state index contributed by atoms with van der Waals surface area (Å²) in [6, 6.07) is 18.7. The molecular formula is C20H16N4O3S. The van der Waals surface area contributed by atoms with Gasteiger partial charge < -0.3 is 9.26 Å². The summed E-state index contributed by atoms with van der Waals surface area (Å²) in [6.45, 7) is 1.73. The summed E-state index contributed by atoms with van der Waals surface area (Å²) in [7, 11) is 0. The lowest BCUT2D eigenvalue weighted by molar-refractivity contribution is -0.118. The quantitative estimate of drug-likeness (QED) is 0.529. The van der Waals surface area contributed by atoms with Crippen molar-refractivity contribution in [2.24, 2.45) is 0 Å². The van der Waals surface area contributed by atoms with Gasteiger partial charge in [0.05, 0.1) is 5.69 Å². The van der Waals surface area contributed by atoms with E-state index in [1.165, 1.54) is 11.3 Å². The second-order valence-electron chi connectivity index (χ2n) is 5.87. The molecule has 4 aromatic rings. The third-order valence-electron chi connectivity index (χ3n) is 3.81. The van der Waals surface area contributed by atoms with E-state index >= 15 is 0 Å². The largest absolute Gasteiger partial charge is 0.484 e. The molecule has 0 unspecified atom stereocenters. The van der Waals surface area contributed by atoms with Gasteiger partial charge in [-0.2, -0.15) is 4.98 Å². The molecule has 0 aliphatic heterocycles. The molecule has 1 N–H and O–H groups in total. The second-order valence-corrected chi connectivity index (χ2v) is 6.87. The third kappa shape index (κ3) is 4.07. The van der Waals surface area contributed by atoms with Gasteiger partial charge in [0.1, 0.15) is 10.6 Å². The van der Waals surface area contributed by atoms with Crippen LogP contribution in [0.2, 0.25) is 0 Å². The molecule has 0 spiro atoms. The number of nitrogens with zero attached hydrogens (tertiary/aromatic N) is 3. The summed E-state index contributed by atoms with van der Waals surface area (Å²) in [4.78, 5) is 21.6. The Kier molecular flexibility index (Phi) is 5.11. The van der Waals surface area contributed by atoms with Gasteiger partial charge in [0, 0.05) is 5.56 Å². The molecule has 0 aliphatic rings. The molecule has 2 heterocycles. The highest BCUT2D eigenvalue weighted by molar-refractivity contribution is 7.19. The number of aromatic nitrogens is 3. The van der Waals surface area contributed by atoms with Crippen molar-refractivity contribution in [3.05, 3.63) is 66.4 Å². The van der Waals surface area contributed by atoms with Crippen molar-refractivity contribution in [1.82, 2.24) is 15.1 Å². The summed E-state index contributed by atoms with van der Waals surface area (Å²) < 4.78 is 10.8. The number of para-hydroxylation sites is 1. The summed E-state index contributed by atoms with van der Waals surface area (Å²) in [5.41, 5.74) is 1.57. The Labute approximate surface area is 165 Å². The fraction of sp³-hybridized carbons (Fsp3) is 0.100. The minimum atomic E-state index is -0.292. The maximum atomic E-state index is 12.1. The first kappa shape index (κ1) is 17.9. The zero-order valence-electron chi connectivity index (χ0n) is 15.0. The Bertz CT molecular complexity index is 1080. The molecule has 28 heavy (non-hydrogen) atoms. The molecule has 0 atom stereocenters. The first-order chi connectivity index (χ1) is 13.7. The SMILES string of the molecule is Cc1nc(NC(=O)COc2ccccc2)sc1-c1nc(-c2ccccc2)no1. The van der Waals surface area contributed by atoms with Crippen molar-refractivity contribution in [2.45, 2.75) is 6.92 Å². The van der Waals surface area contributed by atoms with Crippen LogP contribution in [0.25, 0.3) is 22.2 Å². The van der Waals surface area contributed by atoms with Gasteiger partial charge in [0.25, 0.3) is 11.8 Å². The Balaban J connectivity index is 1.44. The van der Waals surface area contributed by atoms with Gasteiger partial charge in [-0.1, -0.05) is 65.0 Å². The van der Waals surface area contributed by atoms with Gasteiger partial charge in [-0.05, 0) is 19.1 Å². The van der Waals surface area contributed by atoms with Gasteiger partial charge in [0.2, 0.25) is 5.82 Å². The van der Waals surface area contributed by atoms with Crippen LogP contribution in [0.3, 0.4) is 0 Å². The molecule has 4 rings (SSSR count). The number of anilines is 1. The van der Waals surface area contributed by atoms with Crippen molar-refractivity contribution >= 4 is 22.4 Å². The Morgan fingerprint density at radius 3 is 2.54 bits per heavy atom. The van der Waals surface area contributed by atoms with Crippen molar-refractivity contribution < 1.29 is 14.1 Å². The van der Waals surface area contributed by atoms with Crippen LogP contribution in [0.5, 0.6) is 5.75 Å². The van der Waals surface area contributed by atoms with Crippen molar-refractivity contribution in [3.8, 4) is 27.9 Å². The van der Waals surface area contributed by atoms with Crippen LogP contribution in [0, 0.1) is 6.92 Å². The predicted octanol–water partition coefficient (Wildman–Crippen LogP) is 4.19. The summed E-state index contributed by atoms with van der Waals surface area (Å²) in [5, 5.41) is 7.21. The lowest BCUT2D eigenvalue weighted by atomic mass is 10.2. The molecular weight excluding hydrogens is 376 g/mol. The number of rotatable bonds is 6. The van der Waals surface area contributed by atoms with Crippen LogP contribution in [0.4, 0.5) is 5.13 Å². The molecule has 2 aromatic heterocycles. The number of hydrogen-bond donors (Lipinski definition) is 1. The van der Waals surface area contributed by atoms with Crippen LogP contribution in [-0.4, -0.2) is 27.6 Å². The van der Waals surface area contributed by atoms with Crippen LogP contribution >= 0.6 is 11.3 Å². The van der Waals surface area contributed by atoms with Gasteiger partial charge >= 0.3 is 0 Å². The monoisotopic (exact) mass is 392 g/mol. The number of ether oxygens (including phenoxy) is 1. The molecule has 0 radical (unpaired) electrons. The highest BCUT2D eigenvalue weighted by atomic mass is 32.1. The molecule has 0 aliphatic carbocycles. The van der Waals surface area contributed by atoms with E-state index in [9.17, 15) is 4.79 Å². The van der Waals surface area contributed by atoms with Crippen LogP contribution in [0.15, 0.2) is 65.2 Å².